The number of aliphatic hydroxyl groups excluding tert-OH is 1. The van der Waals surface area contributed by atoms with E-state index in [9.17, 15) is 5.11 Å². The molecule has 1 heteroatoms. The second-order valence-corrected chi connectivity index (χ2v) is 6.34. The summed E-state index contributed by atoms with van der Waals surface area (Å²) in [5.41, 5.74) is 0.0466. The summed E-state index contributed by atoms with van der Waals surface area (Å²) in [6.07, 6.45) is 3.58. The third-order valence-electron chi connectivity index (χ3n) is 3.97. The molecular formula is C13H26O. The zero-order valence-corrected chi connectivity index (χ0v) is 10.4. The molecule has 0 aromatic carbocycles. The van der Waals surface area contributed by atoms with Crippen molar-refractivity contribution in [2.45, 2.75) is 60.0 Å². The van der Waals surface area contributed by atoms with E-state index in [2.05, 4.69) is 34.6 Å². The summed E-state index contributed by atoms with van der Waals surface area (Å²) in [5.74, 6) is 2.16. The summed E-state index contributed by atoms with van der Waals surface area (Å²) >= 11 is 0. The zero-order chi connectivity index (χ0) is 10.9. The van der Waals surface area contributed by atoms with E-state index in [1.165, 1.54) is 19.3 Å². The van der Waals surface area contributed by atoms with Gasteiger partial charge in [-0.15, -0.1) is 0 Å². The Bertz CT molecular complexity index is 180. The lowest BCUT2D eigenvalue weighted by Gasteiger charge is -2.39. The maximum Gasteiger partial charge on any atom is 0.0616 e. The molecule has 1 fully saturated rings. The fourth-order valence-corrected chi connectivity index (χ4v) is 2.58. The summed E-state index contributed by atoms with van der Waals surface area (Å²) in [6, 6.07) is 0. The summed E-state index contributed by atoms with van der Waals surface area (Å²) in [4.78, 5) is 0. The lowest BCUT2D eigenvalue weighted by atomic mass is 9.69. The van der Waals surface area contributed by atoms with Gasteiger partial charge >= 0.3 is 0 Å². The highest BCUT2D eigenvalue weighted by Gasteiger charge is 2.34. The monoisotopic (exact) mass is 198 g/mol. The highest BCUT2D eigenvalue weighted by molar-refractivity contribution is 4.85. The quantitative estimate of drug-likeness (QED) is 0.684. The number of hydrogen-bond donors (Lipinski definition) is 1. The molecule has 1 nitrogen and oxygen atoms in total. The van der Waals surface area contributed by atoms with Crippen LogP contribution in [0.4, 0.5) is 0 Å². The van der Waals surface area contributed by atoms with Gasteiger partial charge in [-0.05, 0) is 36.0 Å². The van der Waals surface area contributed by atoms with E-state index in [0.29, 0.717) is 5.92 Å². The Morgan fingerprint density at radius 3 is 2.07 bits per heavy atom. The standard InChI is InChI=1S/C13H26O/c1-9-6-7-11(8-10(9)2)12(14)13(3,4)5/h9-12,14H,6-8H2,1-5H3. The van der Waals surface area contributed by atoms with Gasteiger partial charge in [0.15, 0.2) is 0 Å². The highest BCUT2D eigenvalue weighted by Crippen LogP contribution is 2.39. The van der Waals surface area contributed by atoms with Crippen molar-refractivity contribution in [3.63, 3.8) is 0 Å². The number of hydrogen-bond acceptors (Lipinski definition) is 1. The summed E-state index contributed by atoms with van der Waals surface area (Å²) < 4.78 is 0. The molecule has 0 bridgehead atoms. The third-order valence-corrected chi connectivity index (χ3v) is 3.97. The predicted molar refractivity (Wildman–Crippen MR) is 61.1 cm³/mol. The predicted octanol–water partition coefficient (Wildman–Crippen LogP) is 3.47. The molecule has 14 heavy (non-hydrogen) atoms. The van der Waals surface area contributed by atoms with Gasteiger partial charge in [0.25, 0.3) is 0 Å². The topological polar surface area (TPSA) is 20.2 Å². The Labute approximate surface area is 88.9 Å². The lowest BCUT2D eigenvalue weighted by molar-refractivity contribution is -0.0168. The lowest BCUT2D eigenvalue weighted by Crippen LogP contribution is -2.37. The van der Waals surface area contributed by atoms with Crippen molar-refractivity contribution in [2.24, 2.45) is 23.2 Å². The molecule has 1 saturated carbocycles. The van der Waals surface area contributed by atoms with Gasteiger partial charge in [-0.2, -0.15) is 0 Å². The van der Waals surface area contributed by atoms with E-state index < -0.39 is 0 Å². The van der Waals surface area contributed by atoms with Crippen LogP contribution >= 0.6 is 0 Å². The SMILES string of the molecule is CC1CCC(C(O)C(C)(C)C)CC1C. The minimum atomic E-state index is -0.127. The largest absolute Gasteiger partial charge is 0.392 e. The van der Waals surface area contributed by atoms with E-state index in [1.54, 1.807) is 0 Å². The highest BCUT2D eigenvalue weighted by atomic mass is 16.3. The van der Waals surface area contributed by atoms with Crippen LogP contribution in [0, 0.1) is 23.2 Å². The Morgan fingerprint density at radius 1 is 1.07 bits per heavy atom. The molecule has 1 rings (SSSR count). The average molecular weight is 198 g/mol. The molecule has 1 aliphatic carbocycles. The van der Waals surface area contributed by atoms with Crippen LogP contribution in [-0.2, 0) is 0 Å². The van der Waals surface area contributed by atoms with Crippen LogP contribution in [0.25, 0.3) is 0 Å². The van der Waals surface area contributed by atoms with Gasteiger partial charge in [-0.1, -0.05) is 41.0 Å². The van der Waals surface area contributed by atoms with Gasteiger partial charge in [-0.3, -0.25) is 0 Å². The number of rotatable bonds is 1. The molecule has 0 radical (unpaired) electrons. The van der Waals surface area contributed by atoms with Crippen LogP contribution in [0.5, 0.6) is 0 Å². The Balaban J connectivity index is 2.55. The summed E-state index contributed by atoms with van der Waals surface area (Å²) in [7, 11) is 0. The minimum absolute atomic E-state index is 0.0466. The van der Waals surface area contributed by atoms with Crippen LogP contribution in [-0.4, -0.2) is 11.2 Å². The molecule has 0 heterocycles. The maximum absolute atomic E-state index is 10.2. The van der Waals surface area contributed by atoms with Crippen molar-refractivity contribution in [1.29, 1.82) is 0 Å². The third kappa shape index (κ3) is 2.73. The van der Waals surface area contributed by atoms with Crippen molar-refractivity contribution in [3.05, 3.63) is 0 Å². The molecular weight excluding hydrogens is 172 g/mol. The van der Waals surface area contributed by atoms with Gasteiger partial charge < -0.3 is 5.11 Å². The van der Waals surface area contributed by atoms with Gasteiger partial charge in [0.1, 0.15) is 0 Å². The molecule has 0 amide bonds. The van der Waals surface area contributed by atoms with E-state index in [4.69, 9.17) is 0 Å². The zero-order valence-electron chi connectivity index (χ0n) is 10.4. The van der Waals surface area contributed by atoms with Gasteiger partial charge in [0.2, 0.25) is 0 Å². The van der Waals surface area contributed by atoms with Crippen LogP contribution in [0.15, 0.2) is 0 Å². The first kappa shape index (κ1) is 12.0. The molecule has 4 unspecified atom stereocenters. The summed E-state index contributed by atoms with van der Waals surface area (Å²) in [5, 5.41) is 10.2. The van der Waals surface area contributed by atoms with E-state index in [1.807, 2.05) is 0 Å². The fraction of sp³-hybridized carbons (Fsp3) is 1.00. The molecule has 0 spiro atoms. The van der Waals surface area contributed by atoms with Crippen LogP contribution in [0.2, 0.25) is 0 Å². The van der Waals surface area contributed by atoms with Crippen molar-refractivity contribution < 1.29 is 5.11 Å². The first-order chi connectivity index (χ1) is 6.32. The second kappa shape index (κ2) is 4.22. The van der Waals surface area contributed by atoms with E-state index in [-0.39, 0.29) is 11.5 Å². The molecule has 0 aromatic heterocycles. The van der Waals surface area contributed by atoms with Gasteiger partial charge in [0, 0.05) is 0 Å². The van der Waals surface area contributed by atoms with Crippen molar-refractivity contribution in [3.8, 4) is 0 Å². The molecule has 4 atom stereocenters. The molecule has 84 valence electrons. The smallest absolute Gasteiger partial charge is 0.0616 e. The maximum atomic E-state index is 10.2. The second-order valence-electron chi connectivity index (χ2n) is 6.34. The van der Waals surface area contributed by atoms with Crippen molar-refractivity contribution >= 4 is 0 Å². The molecule has 0 saturated heterocycles. The van der Waals surface area contributed by atoms with E-state index in [0.717, 1.165) is 11.8 Å². The van der Waals surface area contributed by atoms with E-state index >= 15 is 0 Å². The first-order valence-corrected chi connectivity index (χ1v) is 6.00. The van der Waals surface area contributed by atoms with Crippen molar-refractivity contribution in [2.75, 3.05) is 0 Å². The normalized spacial score (nSPS) is 36.9. The molecule has 0 aliphatic heterocycles. The molecule has 1 N–H and O–H groups in total. The first-order valence-electron chi connectivity index (χ1n) is 6.00. The fourth-order valence-electron chi connectivity index (χ4n) is 2.58. The Morgan fingerprint density at radius 2 is 1.64 bits per heavy atom. The van der Waals surface area contributed by atoms with Crippen LogP contribution < -0.4 is 0 Å². The average Bonchev–Trinajstić information content (AvgIpc) is 2.07. The Hall–Kier alpha value is -0.0400. The minimum Gasteiger partial charge on any atom is -0.392 e. The van der Waals surface area contributed by atoms with Gasteiger partial charge in [0.05, 0.1) is 6.10 Å². The molecule has 0 aromatic rings. The molecule has 1 aliphatic rings. The number of aliphatic hydroxyl groups is 1. The van der Waals surface area contributed by atoms with Crippen LogP contribution in [0.1, 0.15) is 53.9 Å². The van der Waals surface area contributed by atoms with Crippen molar-refractivity contribution in [1.82, 2.24) is 0 Å². The Kier molecular flexibility index (Phi) is 3.63. The summed E-state index contributed by atoms with van der Waals surface area (Å²) in [6.45, 7) is 11.1. The van der Waals surface area contributed by atoms with Gasteiger partial charge in [-0.25, -0.2) is 0 Å². The van der Waals surface area contributed by atoms with Crippen LogP contribution in [0.3, 0.4) is 0 Å².